The predicted octanol–water partition coefficient (Wildman–Crippen LogP) is 3.74. The number of hydrogen-bond acceptors (Lipinski definition) is 4. The smallest absolute Gasteiger partial charge is 0.223 e. The van der Waals surface area contributed by atoms with Crippen molar-refractivity contribution >= 4 is 45.5 Å². The Morgan fingerprint density at radius 1 is 1.08 bits per heavy atom. The molecule has 0 saturated carbocycles. The normalized spacial score (nSPS) is 22.5. The molecule has 140 valence electrons. The van der Waals surface area contributed by atoms with E-state index in [4.69, 9.17) is 0 Å². The van der Waals surface area contributed by atoms with Crippen molar-refractivity contribution in [3.05, 3.63) is 35.2 Å². The molecule has 1 aromatic carbocycles. The summed E-state index contributed by atoms with van der Waals surface area (Å²) in [5.41, 5.74) is 0.768. The monoisotopic (exact) mass is 392 g/mol. The molecule has 0 spiro atoms. The van der Waals surface area contributed by atoms with Crippen LogP contribution < -0.4 is 5.32 Å². The number of hydrogen-bond donors (Lipinski definition) is 1. The molecule has 6 heteroatoms. The molecule has 1 aromatic heterocycles. The SMILES string of the molecule is Cl.O=C(CCC(=O)N1CC[C@@H]2CNC[C@@H]2CC1)c1csc2ccccc12. The van der Waals surface area contributed by atoms with Crippen molar-refractivity contribution in [3.8, 4) is 0 Å². The van der Waals surface area contributed by atoms with Crippen LogP contribution in [-0.2, 0) is 4.79 Å². The van der Waals surface area contributed by atoms with Gasteiger partial charge in [0.1, 0.15) is 0 Å². The van der Waals surface area contributed by atoms with Gasteiger partial charge in [-0.15, -0.1) is 23.7 Å². The number of nitrogens with zero attached hydrogens (tertiary/aromatic N) is 1. The highest BCUT2D eigenvalue weighted by molar-refractivity contribution is 7.17. The fourth-order valence-corrected chi connectivity index (χ4v) is 5.14. The van der Waals surface area contributed by atoms with Gasteiger partial charge in [0.15, 0.2) is 5.78 Å². The van der Waals surface area contributed by atoms with Crippen LogP contribution in [0.1, 0.15) is 36.0 Å². The highest BCUT2D eigenvalue weighted by Crippen LogP contribution is 2.28. The fourth-order valence-electron chi connectivity index (χ4n) is 4.17. The van der Waals surface area contributed by atoms with Gasteiger partial charge < -0.3 is 10.2 Å². The van der Waals surface area contributed by atoms with Gasteiger partial charge in [-0.3, -0.25) is 9.59 Å². The summed E-state index contributed by atoms with van der Waals surface area (Å²) in [4.78, 5) is 27.1. The van der Waals surface area contributed by atoms with Crippen LogP contribution in [0.25, 0.3) is 10.1 Å². The van der Waals surface area contributed by atoms with Crippen LogP contribution in [0.4, 0.5) is 0 Å². The third-order valence-electron chi connectivity index (χ3n) is 5.72. The van der Waals surface area contributed by atoms with Crippen molar-refractivity contribution < 1.29 is 9.59 Å². The molecule has 2 saturated heterocycles. The van der Waals surface area contributed by atoms with Crippen LogP contribution in [0.15, 0.2) is 29.6 Å². The van der Waals surface area contributed by atoms with Crippen molar-refractivity contribution in [3.63, 3.8) is 0 Å². The van der Waals surface area contributed by atoms with Crippen LogP contribution in [-0.4, -0.2) is 42.8 Å². The molecule has 1 N–H and O–H groups in total. The number of amides is 1. The Bertz CT molecular complexity index is 777. The first-order chi connectivity index (χ1) is 12.2. The summed E-state index contributed by atoms with van der Waals surface area (Å²) in [6.45, 7) is 3.88. The first kappa shape index (κ1) is 19.3. The van der Waals surface area contributed by atoms with Gasteiger partial charge in [0.2, 0.25) is 5.91 Å². The molecule has 3 heterocycles. The van der Waals surface area contributed by atoms with Gasteiger partial charge in [0.05, 0.1) is 0 Å². The van der Waals surface area contributed by atoms with Gasteiger partial charge in [0.25, 0.3) is 0 Å². The van der Waals surface area contributed by atoms with Crippen LogP contribution in [0, 0.1) is 11.8 Å². The van der Waals surface area contributed by atoms with E-state index in [1.54, 1.807) is 11.3 Å². The molecule has 0 radical (unpaired) electrons. The lowest BCUT2D eigenvalue weighted by Crippen LogP contribution is -2.32. The van der Waals surface area contributed by atoms with E-state index in [0.717, 1.165) is 66.5 Å². The van der Waals surface area contributed by atoms with E-state index >= 15 is 0 Å². The van der Waals surface area contributed by atoms with Crippen molar-refractivity contribution in [1.82, 2.24) is 10.2 Å². The number of nitrogens with one attached hydrogen (secondary N) is 1. The Labute approximate surface area is 164 Å². The minimum atomic E-state index is 0. The summed E-state index contributed by atoms with van der Waals surface area (Å²) < 4.78 is 1.13. The van der Waals surface area contributed by atoms with Gasteiger partial charge in [-0.25, -0.2) is 0 Å². The molecule has 4 rings (SSSR count). The summed E-state index contributed by atoms with van der Waals surface area (Å²) >= 11 is 1.59. The molecular formula is C20H25ClN2O2S. The maximum Gasteiger partial charge on any atom is 0.223 e. The third kappa shape index (κ3) is 3.95. The minimum Gasteiger partial charge on any atom is -0.343 e. The zero-order valence-corrected chi connectivity index (χ0v) is 16.4. The Kier molecular flexibility index (Phi) is 6.33. The fraction of sp³-hybridized carbons (Fsp3) is 0.500. The van der Waals surface area contributed by atoms with Crippen LogP contribution in [0.2, 0.25) is 0 Å². The number of carbonyl (C=O) groups excluding carboxylic acids is 2. The Hall–Kier alpha value is -1.43. The van der Waals surface area contributed by atoms with E-state index in [-0.39, 0.29) is 24.1 Å². The molecule has 26 heavy (non-hydrogen) atoms. The molecule has 0 bridgehead atoms. The van der Waals surface area contributed by atoms with E-state index in [1.807, 2.05) is 34.5 Å². The first-order valence-electron chi connectivity index (χ1n) is 9.20. The number of ketones is 1. The lowest BCUT2D eigenvalue weighted by molar-refractivity contribution is -0.131. The largest absolute Gasteiger partial charge is 0.343 e. The average molecular weight is 393 g/mol. The van der Waals surface area contributed by atoms with Crippen LogP contribution in [0.5, 0.6) is 0 Å². The van der Waals surface area contributed by atoms with Gasteiger partial charge in [-0.05, 0) is 43.8 Å². The van der Waals surface area contributed by atoms with Crippen molar-refractivity contribution in [2.75, 3.05) is 26.2 Å². The van der Waals surface area contributed by atoms with E-state index in [1.165, 1.54) is 0 Å². The number of Topliss-reactive ketones (excluding diaryl/α,β-unsaturated/α-hetero) is 1. The molecule has 2 atom stereocenters. The van der Waals surface area contributed by atoms with Crippen molar-refractivity contribution in [1.29, 1.82) is 0 Å². The lowest BCUT2D eigenvalue weighted by Gasteiger charge is -2.20. The van der Waals surface area contributed by atoms with Crippen LogP contribution >= 0.6 is 23.7 Å². The highest BCUT2D eigenvalue weighted by atomic mass is 35.5. The molecule has 1 amide bonds. The maximum atomic E-state index is 12.6. The Balaban J connectivity index is 0.00000196. The lowest BCUT2D eigenvalue weighted by atomic mass is 9.92. The van der Waals surface area contributed by atoms with E-state index in [9.17, 15) is 9.59 Å². The number of fused-ring (bicyclic) bond motifs is 2. The predicted molar refractivity (Wildman–Crippen MR) is 108 cm³/mol. The Morgan fingerprint density at radius 2 is 1.77 bits per heavy atom. The number of rotatable bonds is 4. The number of benzene rings is 1. The summed E-state index contributed by atoms with van der Waals surface area (Å²) in [7, 11) is 0. The zero-order chi connectivity index (χ0) is 17.2. The standard InChI is InChI=1S/C20H24N2O2S.ClH/c23-18(17-13-25-19-4-2-1-3-16(17)19)5-6-20(24)22-9-7-14-11-21-12-15(14)8-10-22;/h1-4,13-15,21H,5-12H2;1H/t14-,15+;. The van der Waals surface area contributed by atoms with E-state index < -0.39 is 0 Å². The van der Waals surface area contributed by atoms with E-state index in [0.29, 0.717) is 12.8 Å². The second kappa shape index (κ2) is 8.51. The molecule has 0 unspecified atom stereocenters. The van der Waals surface area contributed by atoms with Gasteiger partial charge in [0, 0.05) is 47.0 Å². The molecule has 4 nitrogen and oxygen atoms in total. The minimum absolute atomic E-state index is 0. The average Bonchev–Trinajstić information content (AvgIpc) is 3.22. The second-order valence-electron chi connectivity index (χ2n) is 7.21. The molecule has 2 aliphatic heterocycles. The molecule has 2 fully saturated rings. The molecule has 2 aromatic rings. The number of likely N-dealkylation sites (tertiary alicyclic amines) is 1. The number of halogens is 1. The summed E-state index contributed by atoms with van der Waals surface area (Å²) in [5.74, 6) is 1.66. The summed E-state index contributed by atoms with van der Waals surface area (Å²) in [6, 6.07) is 7.97. The molecule has 0 aliphatic carbocycles. The number of thiophene rings is 1. The van der Waals surface area contributed by atoms with Gasteiger partial charge >= 0.3 is 0 Å². The molecular weight excluding hydrogens is 368 g/mol. The summed E-state index contributed by atoms with van der Waals surface area (Å²) in [5, 5.41) is 6.40. The second-order valence-corrected chi connectivity index (χ2v) is 8.12. The van der Waals surface area contributed by atoms with Gasteiger partial charge in [-0.1, -0.05) is 18.2 Å². The zero-order valence-electron chi connectivity index (χ0n) is 14.8. The van der Waals surface area contributed by atoms with Crippen molar-refractivity contribution in [2.45, 2.75) is 25.7 Å². The highest BCUT2D eigenvalue weighted by Gasteiger charge is 2.31. The first-order valence-corrected chi connectivity index (χ1v) is 10.1. The quantitative estimate of drug-likeness (QED) is 0.806. The number of carbonyl (C=O) groups is 2. The van der Waals surface area contributed by atoms with E-state index in [2.05, 4.69) is 5.32 Å². The van der Waals surface area contributed by atoms with Gasteiger partial charge in [-0.2, -0.15) is 0 Å². The maximum absolute atomic E-state index is 12.6. The Morgan fingerprint density at radius 3 is 2.50 bits per heavy atom. The van der Waals surface area contributed by atoms with Crippen molar-refractivity contribution in [2.24, 2.45) is 11.8 Å². The molecule has 2 aliphatic rings. The van der Waals surface area contributed by atoms with Crippen LogP contribution in [0.3, 0.4) is 0 Å². The third-order valence-corrected chi connectivity index (χ3v) is 6.68. The topological polar surface area (TPSA) is 49.4 Å². The summed E-state index contributed by atoms with van der Waals surface area (Å²) in [6.07, 6.45) is 2.82.